The number of anilines is 1. The third-order valence-electron chi connectivity index (χ3n) is 3.83. The highest BCUT2D eigenvalue weighted by molar-refractivity contribution is 7.90. The lowest BCUT2D eigenvalue weighted by atomic mass is 10.1. The van der Waals surface area contributed by atoms with Crippen molar-refractivity contribution < 1.29 is 17.9 Å². The van der Waals surface area contributed by atoms with Crippen LogP contribution in [0, 0.1) is 0 Å². The number of carbonyl (C=O) groups excluding carboxylic acids is 1. The molecule has 0 saturated heterocycles. The van der Waals surface area contributed by atoms with Gasteiger partial charge in [-0.25, -0.2) is 8.42 Å². The van der Waals surface area contributed by atoms with Gasteiger partial charge in [0.2, 0.25) is 0 Å². The molecule has 128 valence electrons. The Hall–Kier alpha value is -2.86. The molecule has 0 heterocycles. The van der Waals surface area contributed by atoms with Crippen LogP contribution in [-0.4, -0.2) is 27.7 Å². The van der Waals surface area contributed by atoms with Gasteiger partial charge < -0.3 is 10.1 Å². The summed E-state index contributed by atoms with van der Waals surface area (Å²) in [6, 6.07) is 17.1. The van der Waals surface area contributed by atoms with Crippen LogP contribution in [0.5, 0.6) is 5.75 Å². The fraction of sp³-hybridized carbons (Fsp3) is 0.105. The zero-order chi connectivity index (χ0) is 18.0. The van der Waals surface area contributed by atoms with E-state index in [1.807, 2.05) is 24.3 Å². The molecule has 3 aromatic carbocycles. The van der Waals surface area contributed by atoms with E-state index >= 15 is 0 Å². The van der Waals surface area contributed by atoms with Crippen molar-refractivity contribution in [3.05, 3.63) is 66.2 Å². The van der Waals surface area contributed by atoms with Crippen molar-refractivity contribution in [2.45, 2.75) is 4.90 Å². The van der Waals surface area contributed by atoms with Gasteiger partial charge in [0, 0.05) is 17.5 Å². The number of benzene rings is 3. The summed E-state index contributed by atoms with van der Waals surface area (Å²) in [5.74, 6) is 0.450. The number of amides is 1. The molecule has 0 bridgehead atoms. The fourth-order valence-corrected chi connectivity index (χ4v) is 3.17. The zero-order valence-corrected chi connectivity index (χ0v) is 14.6. The second kappa shape index (κ2) is 6.57. The molecular formula is C19H17NO4S. The lowest BCUT2D eigenvalue weighted by Crippen LogP contribution is -2.12. The summed E-state index contributed by atoms with van der Waals surface area (Å²) in [5, 5.41) is 4.61. The molecule has 25 heavy (non-hydrogen) atoms. The Bertz CT molecular complexity index is 1060. The molecule has 6 heteroatoms. The topological polar surface area (TPSA) is 72.5 Å². The number of nitrogens with one attached hydrogen (secondary N) is 1. The van der Waals surface area contributed by atoms with E-state index in [1.165, 1.54) is 12.1 Å². The number of rotatable bonds is 4. The Kier molecular flexibility index (Phi) is 4.46. The molecule has 0 fully saturated rings. The van der Waals surface area contributed by atoms with Crippen LogP contribution >= 0.6 is 0 Å². The molecule has 0 aliphatic carbocycles. The molecule has 1 N–H and O–H groups in total. The number of ether oxygens (including phenoxy) is 1. The number of carbonyl (C=O) groups is 1. The van der Waals surface area contributed by atoms with Crippen molar-refractivity contribution in [1.82, 2.24) is 0 Å². The zero-order valence-electron chi connectivity index (χ0n) is 13.8. The Morgan fingerprint density at radius 2 is 1.68 bits per heavy atom. The van der Waals surface area contributed by atoms with Gasteiger partial charge in [-0.1, -0.05) is 18.2 Å². The first-order valence-corrected chi connectivity index (χ1v) is 9.45. The predicted molar refractivity (Wildman–Crippen MR) is 98.0 cm³/mol. The van der Waals surface area contributed by atoms with Crippen molar-refractivity contribution >= 4 is 32.2 Å². The first-order chi connectivity index (χ1) is 11.9. The lowest BCUT2D eigenvalue weighted by molar-refractivity contribution is 0.102. The molecule has 3 aromatic rings. The van der Waals surface area contributed by atoms with Crippen LogP contribution in [0.1, 0.15) is 10.4 Å². The third kappa shape index (κ3) is 3.80. The molecule has 0 radical (unpaired) electrons. The summed E-state index contributed by atoms with van der Waals surface area (Å²) in [6.45, 7) is 0. The van der Waals surface area contributed by atoms with Crippen LogP contribution in [0.4, 0.5) is 5.69 Å². The second-order valence-electron chi connectivity index (χ2n) is 5.68. The third-order valence-corrected chi connectivity index (χ3v) is 4.94. The molecule has 0 unspecified atom stereocenters. The summed E-state index contributed by atoms with van der Waals surface area (Å²) >= 11 is 0. The molecule has 0 atom stereocenters. The molecule has 5 nitrogen and oxygen atoms in total. The molecule has 0 aromatic heterocycles. The number of hydrogen-bond donors (Lipinski definition) is 1. The van der Waals surface area contributed by atoms with Gasteiger partial charge in [0.1, 0.15) is 5.75 Å². The predicted octanol–water partition coefficient (Wildman–Crippen LogP) is 3.50. The Labute approximate surface area is 146 Å². The van der Waals surface area contributed by atoms with Crippen LogP contribution in [0.2, 0.25) is 0 Å². The normalized spacial score (nSPS) is 11.3. The van der Waals surface area contributed by atoms with Gasteiger partial charge in [0.05, 0.1) is 12.0 Å². The molecule has 3 rings (SSSR count). The van der Waals surface area contributed by atoms with Crippen LogP contribution in [0.15, 0.2) is 65.6 Å². The van der Waals surface area contributed by atoms with E-state index in [0.717, 1.165) is 22.8 Å². The van der Waals surface area contributed by atoms with Gasteiger partial charge in [-0.2, -0.15) is 0 Å². The lowest BCUT2D eigenvalue weighted by Gasteiger charge is -2.08. The van der Waals surface area contributed by atoms with Crippen molar-refractivity contribution in [3.8, 4) is 5.75 Å². The summed E-state index contributed by atoms with van der Waals surface area (Å²) in [5.41, 5.74) is 0.921. The molecule has 0 saturated carbocycles. The van der Waals surface area contributed by atoms with E-state index in [-0.39, 0.29) is 10.8 Å². The van der Waals surface area contributed by atoms with Crippen molar-refractivity contribution in [1.29, 1.82) is 0 Å². The average molecular weight is 355 g/mol. The minimum absolute atomic E-state index is 0.163. The van der Waals surface area contributed by atoms with E-state index < -0.39 is 9.84 Å². The second-order valence-corrected chi connectivity index (χ2v) is 7.70. The molecule has 1 amide bonds. The molecule has 0 aliphatic rings. The molecule has 0 spiro atoms. The van der Waals surface area contributed by atoms with Gasteiger partial charge in [0.25, 0.3) is 5.91 Å². The maximum absolute atomic E-state index is 12.5. The minimum atomic E-state index is -3.32. The molecular weight excluding hydrogens is 338 g/mol. The summed E-state index contributed by atoms with van der Waals surface area (Å²) in [7, 11) is -1.72. The smallest absolute Gasteiger partial charge is 0.255 e. The Morgan fingerprint density at radius 3 is 2.40 bits per heavy atom. The average Bonchev–Trinajstić information content (AvgIpc) is 2.60. The Balaban J connectivity index is 1.87. The minimum Gasteiger partial charge on any atom is -0.497 e. The van der Waals surface area contributed by atoms with E-state index in [2.05, 4.69) is 5.32 Å². The molecule has 0 aliphatic heterocycles. The van der Waals surface area contributed by atoms with E-state index in [1.54, 1.807) is 31.4 Å². The van der Waals surface area contributed by atoms with E-state index in [9.17, 15) is 13.2 Å². The van der Waals surface area contributed by atoms with Gasteiger partial charge in [-0.3, -0.25) is 4.79 Å². The van der Waals surface area contributed by atoms with Crippen molar-refractivity contribution in [2.75, 3.05) is 18.7 Å². The largest absolute Gasteiger partial charge is 0.497 e. The van der Waals surface area contributed by atoms with E-state index in [0.29, 0.717) is 11.3 Å². The highest BCUT2D eigenvalue weighted by Crippen LogP contribution is 2.23. The summed E-state index contributed by atoms with van der Waals surface area (Å²) < 4.78 is 28.4. The van der Waals surface area contributed by atoms with E-state index in [4.69, 9.17) is 4.74 Å². The monoisotopic (exact) mass is 355 g/mol. The summed E-state index contributed by atoms with van der Waals surface area (Å²) in [4.78, 5) is 12.6. The number of fused-ring (bicyclic) bond motifs is 1. The number of methoxy groups -OCH3 is 1. The maximum Gasteiger partial charge on any atom is 0.255 e. The maximum atomic E-state index is 12.5. The first kappa shape index (κ1) is 17.0. The van der Waals surface area contributed by atoms with Gasteiger partial charge in [-0.05, 0) is 53.2 Å². The SMILES string of the molecule is COc1ccc2cc(C(=O)Nc3cccc(S(C)(=O)=O)c3)ccc2c1. The van der Waals surface area contributed by atoms with Crippen molar-refractivity contribution in [3.63, 3.8) is 0 Å². The van der Waals surface area contributed by atoms with Crippen LogP contribution < -0.4 is 10.1 Å². The van der Waals surface area contributed by atoms with Gasteiger partial charge >= 0.3 is 0 Å². The van der Waals surface area contributed by atoms with Gasteiger partial charge in [0.15, 0.2) is 9.84 Å². The van der Waals surface area contributed by atoms with Crippen molar-refractivity contribution in [2.24, 2.45) is 0 Å². The van der Waals surface area contributed by atoms with Gasteiger partial charge in [-0.15, -0.1) is 0 Å². The standard InChI is InChI=1S/C19H17NO4S/c1-24-17-9-8-13-10-15(7-6-14(13)11-17)19(21)20-16-4-3-5-18(12-16)25(2,22)23/h3-12H,1-2H3,(H,20,21). The quantitative estimate of drug-likeness (QED) is 0.777. The highest BCUT2D eigenvalue weighted by Gasteiger charge is 2.11. The summed E-state index contributed by atoms with van der Waals surface area (Å²) in [6.07, 6.45) is 1.13. The fourth-order valence-electron chi connectivity index (χ4n) is 2.50. The van der Waals surface area contributed by atoms with Crippen LogP contribution in [-0.2, 0) is 9.84 Å². The first-order valence-electron chi connectivity index (χ1n) is 7.56. The number of hydrogen-bond acceptors (Lipinski definition) is 4. The van der Waals surface area contributed by atoms with Crippen LogP contribution in [0.25, 0.3) is 10.8 Å². The Morgan fingerprint density at radius 1 is 0.960 bits per heavy atom. The number of sulfone groups is 1. The highest BCUT2D eigenvalue weighted by atomic mass is 32.2. The van der Waals surface area contributed by atoms with Crippen LogP contribution in [0.3, 0.4) is 0 Å².